The van der Waals surface area contributed by atoms with E-state index in [0.717, 1.165) is 37.1 Å². The summed E-state index contributed by atoms with van der Waals surface area (Å²) >= 11 is 1.69. The standard InChI is InChI=1S/C17H25NO2S/c1-17(20)9-6-10-18(12-17)16(19)15-11-13-7-4-2-3-5-8-14(13)21-15/h11,20H,2-10,12H2,1H3. The van der Waals surface area contributed by atoms with E-state index >= 15 is 0 Å². The van der Waals surface area contributed by atoms with Gasteiger partial charge in [-0.15, -0.1) is 11.3 Å². The SMILES string of the molecule is CC1(O)CCCN(C(=O)c2cc3c(s2)CCCCCC3)C1. The molecular weight excluding hydrogens is 282 g/mol. The molecule has 0 aromatic carbocycles. The third kappa shape index (κ3) is 3.49. The Morgan fingerprint density at radius 1 is 1.24 bits per heavy atom. The van der Waals surface area contributed by atoms with E-state index in [4.69, 9.17) is 0 Å². The second-order valence-corrected chi connectivity index (χ2v) is 7.94. The van der Waals surface area contributed by atoms with E-state index in [1.54, 1.807) is 11.3 Å². The average Bonchev–Trinajstić information content (AvgIpc) is 2.79. The molecule has 21 heavy (non-hydrogen) atoms. The number of β-amino-alcohol motifs (C(OH)–C–C–N with tert-alkyl or cyclic N) is 1. The molecule has 1 aliphatic carbocycles. The molecule has 2 heterocycles. The molecule has 0 radical (unpaired) electrons. The first-order chi connectivity index (χ1) is 10.1. The number of carbonyl (C=O) groups is 1. The second kappa shape index (κ2) is 6.09. The normalized spacial score (nSPS) is 26.9. The van der Waals surface area contributed by atoms with Crippen molar-refractivity contribution in [2.75, 3.05) is 13.1 Å². The zero-order valence-electron chi connectivity index (χ0n) is 12.9. The smallest absolute Gasteiger partial charge is 0.264 e. The summed E-state index contributed by atoms with van der Waals surface area (Å²) in [7, 11) is 0. The fourth-order valence-electron chi connectivity index (χ4n) is 3.50. The number of piperidine rings is 1. The van der Waals surface area contributed by atoms with Crippen molar-refractivity contribution < 1.29 is 9.90 Å². The van der Waals surface area contributed by atoms with E-state index in [0.29, 0.717) is 6.54 Å². The Labute approximate surface area is 131 Å². The number of aliphatic hydroxyl groups is 1. The van der Waals surface area contributed by atoms with Gasteiger partial charge in [0.25, 0.3) is 5.91 Å². The molecule has 1 aliphatic heterocycles. The lowest BCUT2D eigenvalue weighted by Gasteiger charge is -2.36. The summed E-state index contributed by atoms with van der Waals surface area (Å²) in [4.78, 5) is 16.8. The zero-order chi connectivity index (χ0) is 14.9. The first-order valence-electron chi connectivity index (χ1n) is 8.18. The minimum Gasteiger partial charge on any atom is -0.388 e. The quantitative estimate of drug-likeness (QED) is 0.864. The Morgan fingerprint density at radius 2 is 2.00 bits per heavy atom. The van der Waals surface area contributed by atoms with Crippen molar-refractivity contribution in [2.45, 2.75) is 63.9 Å². The van der Waals surface area contributed by atoms with Crippen LogP contribution in [0.2, 0.25) is 0 Å². The maximum Gasteiger partial charge on any atom is 0.264 e. The third-order valence-corrected chi connectivity index (χ3v) is 5.89. The Balaban J connectivity index is 1.77. The number of likely N-dealkylation sites (tertiary alicyclic amines) is 1. The first-order valence-corrected chi connectivity index (χ1v) is 9.00. The largest absolute Gasteiger partial charge is 0.388 e. The number of nitrogens with zero attached hydrogens (tertiary/aromatic N) is 1. The van der Waals surface area contributed by atoms with E-state index < -0.39 is 5.60 Å². The lowest BCUT2D eigenvalue weighted by Crippen LogP contribution is -2.48. The van der Waals surface area contributed by atoms with Gasteiger partial charge in [-0.1, -0.05) is 12.8 Å². The molecule has 1 atom stereocenters. The molecule has 1 aromatic heterocycles. The molecule has 1 unspecified atom stereocenters. The van der Waals surface area contributed by atoms with Gasteiger partial charge in [0.05, 0.1) is 10.5 Å². The Kier molecular flexibility index (Phi) is 4.36. The van der Waals surface area contributed by atoms with Crippen LogP contribution >= 0.6 is 11.3 Å². The monoisotopic (exact) mass is 307 g/mol. The third-order valence-electron chi connectivity index (χ3n) is 4.67. The van der Waals surface area contributed by atoms with Gasteiger partial charge in [0.15, 0.2) is 0 Å². The molecule has 1 N–H and O–H groups in total. The van der Waals surface area contributed by atoms with Crippen molar-refractivity contribution in [3.63, 3.8) is 0 Å². The van der Waals surface area contributed by atoms with Crippen LogP contribution in [0, 0.1) is 0 Å². The fourth-order valence-corrected chi connectivity index (χ4v) is 4.72. The number of amides is 1. The van der Waals surface area contributed by atoms with Crippen LogP contribution in [0.1, 0.15) is 65.6 Å². The summed E-state index contributed by atoms with van der Waals surface area (Å²) in [6.45, 7) is 3.08. The average molecular weight is 307 g/mol. The van der Waals surface area contributed by atoms with E-state index in [-0.39, 0.29) is 5.91 Å². The first kappa shape index (κ1) is 15.0. The number of aryl methyl sites for hydroxylation is 2. The number of thiophene rings is 1. The van der Waals surface area contributed by atoms with Crippen LogP contribution in [0.4, 0.5) is 0 Å². The highest BCUT2D eigenvalue weighted by Crippen LogP contribution is 2.30. The predicted molar refractivity (Wildman–Crippen MR) is 86.0 cm³/mol. The number of carbonyl (C=O) groups excluding carboxylic acids is 1. The maximum absolute atomic E-state index is 12.7. The van der Waals surface area contributed by atoms with Crippen molar-refractivity contribution in [3.8, 4) is 0 Å². The van der Waals surface area contributed by atoms with E-state index in [9.17, 15) is 9.90 Å². The van der Waals surface area contributed by atoms with Crippen molar-refractivity contribution in [1.82, 2.24) is 4.90 Å². The molecule has 0 bridgehead atoms. The molecule has 4 heteroatoms. The maximum atomic E-state index is 12.7. The molecule has 1 aromatic rings. The Hall–Kier alpha value is -0.870. The fraction of sp³-hybridized carbons (Fsp3) is 0.706. The van der Waals surface area contributed by atoms with Crippen LogP contribution in [0.3, 0.4) is 0 Å². The molecule has 3 nitrogen and oxygen atoms in total. The molecule has 0 saturated carbocycles. The van der Waals surface area contributed by atoms with Gasteiger partial charge in [0, 0.05) is 18.0 Å². The van der Waals surface area contributed by atoms with Crippen LogP contribution < -0.4 is 0 Å². The minimum absolute atomic E-state index is 0.117. The van der Waals surface area contributed by atoms with E-state index in [1.807, 2.05) is 11.8 Å². The summed E-state index contributed by atoms with van der Waals surface area (Å²) in [5.41, 5.74) is 0.673. The molecule has 1 saturated heterocycles. The van der Waals surface area contributed by atoms with Crippen LogP contribution in [-0.2, 0) is 12.8 Å². The lowest BCUT2D eigenvalue weighted by molar-refractivity contribution is -0.0105. The van der Waals surface area contributed by atoms with Crippen LogP contribution in [-0.4, -0.2) is 34.6 Å². The summed E-state index contributed by atoms with van der Waals surface area (Å²) in [6.07, 6.45) is 9.06. The number of rotatable bonds is 1. The highest BCUT2D eigenvalue weighted by atomic mass is 32.1. The van der Waals surface area contributed by atoms with Gasteiger partial charge in [0.2, 0.25) is 0 Å². The van der Waals surface area contributed by atoms with Gasteiger partial charge in [-0.25, -0.2) is 0 Å². The zero-order valence-corrected chi connectivity index (χ0v) is 13.7. The Bertz CT molecular complexity index is 495. The highest BCUT2D eigenvalue weighted by molar-refractivity contribution is 7.14. The van der Waals surface area contributed by atoms with Crippen LogP contribution in [0.25, 0.3) is 0 Å². The molecule has 116 valence electrons. The van der Waals surface area contributed by atoms with Gasteiger partial charge < -0.3 is 10.0 Å². The van der Waals surface area contributed by atoms with Crippen molar-refractivity contribution in [3.05, 3.63) is 21.4 Å². The molecule has 3 rings (SSSR count). The predicted octanol–water partition coefficient (Wildman–Crippen LogP) is 3.39. The number of fused-ring (bicyclic) bond motifs is 1. The van der Waals surface area contributed by atoms with Gasteiger partial charge in [-0.05, 0) is 57.1 Å². The molecule has 1 fully saturated rings. The van der Waals surface area contributed by atoms with Gasteiger partial charge in [-0.3, -0.25) is 4.79 Å². The summed E-state index contributed by atoms with van der Waals surface area (Å²) < 4.78 is 0. The van der Waals surface area contributed by atoms with Crippen LogP contribution in [0.15, 0.2) is 6.07 Å². The lowest BCUT2D eigenvalue weighted by atomic mass is 9.95. The summed E-state index contributed by atoms with van der Waals surface area (Å²) in [5, 5.41) is 10.2. The summed E-state index contributed by atoms with van der Waals surface area (Å²) in [6, 6.07) is 2.12. The molecular formula is C17H25NO2S. The molecule has 2 aliphatic rings. The number of hydrogen-bond acceptors (Lipinski definition) is 3. The van der Waals surface area contributed by atoms with Crippen molar-refractivity contribution in [1.29, 1.82) is 0 Å². The van der Waals surface area contributed by atoms with Crippen molar-refractivity contribution >= 4 is 17.2 Å². The van der Waals surface area contributed by atoms with Gasteiger partial charge in [-0.2, -0.15) is 0 Å². The van der Waals surface area contributed by atoms with E-state index in [1.165, 1.54) is 36.1 Å². The van der Waals surface area contributed by atoms with Crippen molar-refractivity contribution in [2.24, 2.45) is 0 Å². The van der Waals surface area contributed by atoms with Gasteiger partial charge in [0.1, 0.15) is 0 Å². The van der Waals surface area contributed by atoms with Gasteiger partial charge >= 0.3 is 0 Å². The highest BCUT2D eigenvalue weighted by Gasteiger charge is 2.32. The summed E-state index contributed by atoms with van der Waals surface area (Å²) in [5.74, 6) is 0.117. The van der Waals surface area contributed by atoms with E-state index in [2.05, 4.69) is 6.07 Å². The molecule has 1 amide bonds. The Morgan fingerprint density at radius 3 is 2.76 bits per heavy atom. The minimum atomic E-state index is -0.722. The van der Waals surface area contributed by atoms with Crippen LogP contribution in [0.5, 0.6) is 0 Å². The second-order valence-electron chi connectivity index (χ2n) is 6.80. The number of hydrogen-bond donors (Lipinski definition) is 1. The molecule has 0 spiro atoms. The topological polar surface area (TPSA) is 40.5 Å².